The number of hydrogen-bond donors (Lipinski definition) is 7. The monoisotopic (exact) mass is 571 g/mol. The molecule has 0 spiro atoms. The fourth-order valence-corrected chi connectivity index (χ4v) is 7.19. The maximum atomic E-state index is 11.9. The first-order valence-electron chi connectivity index (χ1n) is 8.56. The van der Waals surface area contributed by atoms with Crippen molar-refractivity contribution in [3.8, 4) is 0 Å². The first-order valence-corrected chi connectivity index (χ1v) is 14.6. The molecule has 0 aliphatic carbocycles. The molecule has 8 N–H and O–H groups in total. The molecule has 3 heterocycles. The van der Waals surface area contributed by atoms with Crippen LogP contribution in [0.25, 0.3) is 11.2 Å². The van der Waals surface area contributed by atoms with Gasteiger partial charge in [0.2, 0.25) is 0 Å². The van der Waals surface area contributed by atoms with Gasteiger partial charge in [0.1, 0.15) is 24.2 Å². The fraction of sp³-hybridized carbons (Fsp3) is 0.500. The molecule has 1 aliphatic heterocycles. The number of hydrogen-bond acceptors (Lipinski definition) is 14. The molecule has 1 aliphatic rings. The Morgan fingerprint density at radius 3 is 2.26 bits per heavy atom. The molecular formula is C10H17N5O15P4. The Bertz CT molecular complexity index is 1250. The van der Waals surface area contributed by atoms with Crippen molar-refractivity contribution < 1.29 is 70.0 Å². The Hall–Kier alpha value is -1.17. The summed E-state index contributed by atoms with van der Waals surface area (Å²) in [7, 11) is -23.0. The molecule has 1 fully saturated rings. The molecule has 2 aromatic rings. The highest BCUT2D eigenvalue weighted by atomic mass is 31.3. The van der Waals surface area contributed by atoms with Gasteiger partial charge in [0.15, 0.2) is 11.5 Å². The number of nitrogens with two attached hydrogens (primary N) is 1. The normalized spacial score (nSPS) is 26.7. The van der Waals surface area contributed by atoms with E-state index >= 15 is 0 Å². The Morgan fingerprint density at radius 1 is 1.00 bits per heavy atom. The fourth-order valence-electron chi connectivity index (χ4n) is 2.73. The number of nitrogens with zero attached hydrogens (tertiary/aromatic N) is 4. The van der Waals surface area contributed by atoms with Gasteiger partial charge >= 0.3 is 31.3 Å². The van der Waals surface area contributed by atoms with Crippen molar-refractivity contribution in [2.75, 3.05) is 12.3 Å². The number of imidazole rings is 1. The third kappa shape index (κ3) is 7.18. The lowest BCUT2D eigenvalue weighted by atomic mass is 10.2. The van der Waals surface area contributed by atoms with E-state index in [1.807, 2.05) is 0 Å². The zero-order valence-electron chi connectivity index (χ0n) is 16.3. The van der Waals surface area contributed by atoms with Gasteiger partial charge in [-0.25, -0.2) is 33.2 Å². The summed E-state index contributed by atoms with van der Waals surface area (Å²) in [4.78, 5) is 56.7. The third-order valence-corrected chi connectivity index (χ3v) is 9.38. The summed E-state index contributed by atoms with van der Waals surface area (Å²) in [5.41, 5.74) is 6.22. The third-order valence-electron chi connectivity index (χ3n) is 3.93. The van der Waals surface area contributed by atoms with E-state index in [4.69, 9.17) is 25.2 Å². The molecule has 2 aromatic heterocycles. The average molecular weight is 571 g/mol. The summed E-state index contributed by atoms with van der Waals surface area (Å²) in [6.45, 7) is -0.884. The van der Waals surface area contributed by atoms with Crippen LogP contribution in [0.1, 0.15) is 12.6 Å². The van der Waals surface area contributed by atoms with Crippen LogP contribution in [0.15, 0.2) is 12.7 Å². The second-order valence-electron chi connectivity index (χ2n) is 6.45. The van der Waals surface area contributed by atoms with Gasteiger partial charge < -0.3 is 40.0 Å². The van der Waals surface area contributed by atoms with Crippen molar-refractivity contribution in [2.24, 2.45) is 0 Å². The minimum absolute atomic E-state index is 0.0605. The molecular weight excluding hydrogens is 554 g/mol. The van der Waals surface area contributed by atoms with E-state index in [0.29, 0.717) is 0 Å². The second kappa shape index (κ2) is 9.71. The van der Waals surface area contributed by atoms with Gasteiger partial charge in [0, 0.05) is 6.42 Å². The van der Waals surface area contributed by atoms with Crippen molar-refractivity contribution in [2.45, 2.75) is 24.9 Å². The number of aliphatic hydroxyl groups excluding tert-OH is 1. The average Bonchev–Trinajstić information content (AvgIpc) is 3.20. The molecule has 0 aromatic carbocycles. The Kier molecular flexibility index (Phi) is 7.83. The van der Waals surface area contributed by atoms with Crippen LogP contribution in [0.2, 0.25) is 0 Å². The molecule has 192 valence electrons. The minimum atomic E-state index is -5.94. The quantitative estimate of drug-likeness (QED) is 0.177. The number of phosphoric acid groups is 4. The number of nitrogen functional groups attached to an aromatic ring is 1. The van der Waals surface area contributed by atoms with Crippen molar-refractivity contribution in [1.82, 2.24) is 19.5 Å². The van der Waals surface area contributed by atoms with E-state index in [1.54, 1.807) is 0 Å². The van der Waals surface area contributed by atoms with E-state index in [0.717, 1.165) is 0 Å². The standard InChI is InChI=1S/C10H17N5O15P4/c11-9-8-10(13-3-12-9)15(4-14-8)7-1-5(16)6(27-7)2-26-32(20,21)29-34(24,25)30-33(22,23)28-31(17,18)19/h3-7,16H,1-2H2,(H,20,21)(H,22,23)(H,24,25)(H2,11,12,13)(H2,17,18,19)/t5-,6+,7+/m0/s1. The van der Waals surface area contributed by atoms with E-state index in [1.165, 1.54) is 17.2 Å². The van der Waals surface area contributed by atoms with Crippen molar-refractivity contribution in [3.63, 3.8) is 0 Å². The maximum absolute atomic E-state index is 11.9. The molecule has 20 nitrogen and oxygen atoms in total. The molecule has 3 rings (SSSR count). The number of aliphatic hydroxyl groups is 1. The van der Waals surface area contributed by atoms with E-state index in [-0.39, 0.29) is 23.4 Å². The molecule has 1 saturated heterocycles. The predicted octanol–water partition coefficient (Wildman–Crippen LogP) is -0.483. The van der Waals surface area contributed by atoms with Crippen LogP contribution in [0.3, 0.4) is 0 Å². The SMILES string of the molecule is Nc1ncnc2c1ncn2[C@H]1C[C@H](O)[C@@H](COP(=O)(O)OP(=O)(O)OP(=O)(O)OP(=O)(O)O)O1. The van der Waals surface area contributed by atoms with Crippen molar-refractivity contribution in [1.29, 1.82) is 0 Å². The summed E-state index contributed by atoms with van der Waals surface area (Å²) in [6, 6.07) is 0. The zero-order valence-corrected chi connectivity index (χ0v) is 19.9. The molecule has 3 unspecified atom stereocenters. The number of ether oxygens (including phenoxy) is 1. The summed E-state index contributed by atoms with van der Waals surface area (Å²) in [6.07, 6.45) is -0.997. The summed E-state index contributed by atoms with van der Waals surface area (Å²) < 4.78 is 67.4. The van der Waals surface area contributed by atoms with Gasteiger partial charge in [-0.05, 0) is 0 Å². The van der Waals surface area contributed by atoms with Crippen LogP contribution < -0.4 is 5.73 Å². The molecule has 34 heavy (non-hydrogen) atoms. The van der Waals surface area contributed by atoms with E-state index in [9.17, 15) is 33.2 Å². The molecule has 0 amide bonds. The van der Waals surface area contributed by atoms with Crippen LogP contribution in [0.5, 0.6) is 0 Å². The Balaban J connectivity index is 1.61. The largest absolute Gasteiger partial charge is 0.490 e. The van der Waals surface area contributed by atoms with Gasteiger partial charge in [-0.1, -0.05) is 0 Å². The lowest BCUT2D eigenvalue weighted by Crippen LogP contribution is -2.26. The highest BCUT2D eigenvalue weighted by molar-refractivity contribution is 7.69. The van der Waals surface area contributed by atoms with Crippen LogP contribution in [-0.2, 0) is 40.5 Å². The number of anilines is 1. The summed E-state index contributed by atoms with van der Waals surface area (Å²) in [5.74, 6) is 0.0924. The van der Waals surface area contributed by atoms with Crippen LogP contribution in [-0.4, -0.2) is 67.9 Å². The number of fused-ring (bicyclic) bond motifs is 1. The molecule has 0 saturated carbocycles. The zero-order chi connectivity index (χ0) is 25.5. The smallest absolute Gasteiger partial charge is 0.390 e. The first kappa shape index (κ1) is 27.4. The minimum Gasteiger partial charge on any atom is -0.390 e. The lowest BCUT2D eigenvalue weighted by Gasteiger charge is -2.20. The highest BCUT2D eigenvalue weighted by Crippen LogP contribution is 2.70. The van der Waals surface area contributed by atoms with Crippen molar-refractivity contribution in [3.05, 3.63) is 12.7 Å². The van der Waals surface area contributed by atoms with Crippen LogP contribution >= 0.6 is 31.3 Å². The second-order valence-corrected chi connectivity index (χ2v) is 12.5. The van der Waals surface area contributed by atoms with Gasteiger partial charge in [-0.15, -0.1) is 0 Å². The highest BCUT2D eigenvalue weighted by Gasteiger charge is 2.46. The van der Waals surface area contributed by atoms with Gasteiger partial charge in [0.25, 0.3) is 0 Å². The number of aromatic nitrogens is 4. The van der Waals surface area contributed by atoms with E-state index in [2.05, 4.69) is 32.4 Å². The summed E-state index contributed by atoms with van der Waals surface area (Å²) in [5, 5.41) is 10.2. The van der Waals surface area contributed by atoms with Gasteiger partial charge in [-0.3, -0.25) is 9.09 Å². The van der Waals surface area contributed by atoms with Gasteiger partial charge in [0.05, 0.1) is 19.0 Å². The molecule has 0 radical (unpaired) electrons. The number of phosphoric ester groups is 1. The lowest BCUT2D eigenvalue weighted by molar-refractivity contribution is -0.0423. The van der Waals surface area contributed by atoms with Crippen LogP contribution in [0, 0.1) is 0 Å². The Morgan fingerprint density at radius 2 is 1.62 bits per heavy atom. The molecule has 0 bridgehead atoms. The van der Waals surface area contributed by atoms with E-state index < -0.39 is 56.3 Å². The Labute approximate surface area is 188 Å². The predicted molar refractivity (Wildman–Crippen MR) is 105 cm³/mol. The van der Waals surface area contributed by atoms with Crippen molar-refractivity contribution >= 4 is 48.3 Å². The molecule has 24 heteroatoms. The summed E-state index contributed by atoms with van der Waals surface area (Å²) >= 11 is 0. The molecule has 6 atom stereocenters. The first-order chi connectivity index (χ1) is 15.5. The topological polar surface area (TPSA) is 305 Å². The maximum Gasteiger partial charge on any atom is 0.490 e. The van der Waals surface area contributed by atoms with Gasteiger partial charge in [-0.2, -0.15) is 12.9 Å². The van der Waals surface area contributed by atoms with Crippen LogP contribution in [0.4, 0.5) is 5.82 Å². The number of rotatable bonds is 10.